The van der Waals surface area contributed by atoms with Crippen LogP contribution in [0.3, 0.4) is 0 Å². The van der Waals surface area contributed by atoms with Crippen molar-refractivity contribution in [2.75, 3.05) is 13.2 Å². The largest absolute Gasteiger partial charge is 0.492 e. The van der Waals surface area contributed by atoms with Crippen LogP contribution < -0.4 is 15.6 Å². The Hall–Kier alpha value is -3.75. The third-order valence-electron chi connectivity index (χ3n) is 3.77. The van der Waals surface area contributed by atoms with Crippen molar-refractivity contribution >= 4 is 22.5 Å². The van der Waals surface area contributed by atoms with E-state index in [-0.39, 0.29) is 36.7 Å². The first kappa shape index (κ1) is 18.1. The van der Waals surface area contributed by atoms with Gasteiger partial charge in [-0.1, -0.05) is 18.2 Å². The number of aromatic nitrogens is 2. The number of carbonyl (C=O) groups is 1. The van der Waals surface area contributed by atoms with E-state index in [1.807, 2.05) is 18.2 Å². The summed E-state index contributed by atoms with van der Waals surface area (Å²) in [6.07, 6.45) is 1.25. The van der Waals surface area contributed by atoms with Crippen LogP contribution in [0, 0.1) is 10.1 Å². The molecule has 0 saturated heterocycles. The fourth-order valence-corrected chi connectivity index (χ4v) is 2.46. The quantitative estimate of drug-likeness (QED) is 0.384. The van der Waals surface area contributed by atoms with Crippen molar-refractivity contribution in [3.63, 3.8) is 0 Å². The van der Waals surface area contributed by atoms with Crippen molar-refractivity contribution in [1.29, 1.82) is 0 Å². The molecular formula is C18H16N4O5. The lowest BCUT2D eigenvalue weighted by Crippen LogP contribution is -2.34. The second-order valence-electron chi connectivity index (χ2n) is 5.65. The van der Waals surface area contributed by atoms with Crippen LogP contribution in [0.4, 0.5) is 5.69 Å². The minimum atomic E-state index is -0.588. The number of nitro groups is 1. The summed E-state index contributed by atoms with van der Waals surface area (Å²) >= 11 is 0. The number of nitro benzene ring substituents is 1. The first-order valence-electron chi connectivity index (χ1n) is 8.13. The number of para-hydroxylation sites is 1. The number of carbonyl (C=O) groups excluding carboxylic acids is 1. The summed E-state index contributed by atoms with van der Waals surface area (Å²) in [6.45, 7) is 0.317. The van der Waals surface area contributed by atoms with E-state index < -0.39 is 10.5 Å². The molecule has 1 N–H and O–H groups in total. The van der Waals surface area contributed by atoms with E-state index in [2.05, 4.69) is 10.3 Å². The Kier molecular flexibility index (Phi) is 5.41. The van der Waals surface area contributed by atoms with Gasteiger partial charge in [0.2, 0.25) is 5.91 Å². The molecule has 1 amide bonds. The van der Waals surface area contributed by atoms with Crippen LogP contribution in [-0.4, -0.2) is 33.5 Å². The number of nitrogens with zero attached hydrogens (tertiary/aromatic N) is 3. The number of non-ortho nitro benzene ring substituents is 1. The van der Waals surface area contributed by atoms with Gasteiger partial charge < -0.3 is 10.1 Å². The molecule has 0 fully saturated rings. The number of amides is 1. The minimum absolute atomic E-state index is 0.0897. The number of nitrogens with one attached hydrogen (secondary N) is 1. The molecule has 0 spiro atoms. The van der Waals surface area contributed by atoms with Crippen molar-refractivity contribution in [3.8, 4) is 5.75 Å². The predicted octanol–water partition coefficient (Wildman–Crippen LogP) is 1.50. The van der Waals surface area contributed by atoms with Crippen LogP contribution in [0.15, 0.2) is 59.7 Å². The van der Waals surface area contributed by atoms with Gasteiger partial charge in [-0.05, 0) is 18.2 Å². The maximum atomic E-state index is 12.4. The van der Waals surface area contributed by atoms with Crippen LogP contribution in [-0.2, 0) is 11.3 Å². The highest BCUT2D eigenvalue weighted by atomic mass is 16.6. The molecule has 1 aromatic heterocycles. The lowest BCUT2D eigenvalue weighted by molar-refractivity contribution is -0.384. The first-order chi connectivity index (χ1) is 13.0. The minimum Gasteiger partial charge on any atom is -0.492 e. The van der Waals surface area contributed by atoms with Crippen LogP contribution in [0.2, 0.25) is 0 Å². The molecule has 0 bridgehead atoms. The van der Waals surface area contributed by atoms with Gasteiger partial charge in [0.15, 0.2) is 0 Å². The molecule has 27 heavy (non-hydrogen) atoms. The van der Waals surface area contributed by atoms with E-state index in [0.717, 1.165) is 10.6 Å². The fourth-order valence-electron chi connectivity index (χ4n) is 2.46. The molecule has 1 heterocycles. The third kappa shape index (κ3) is 4.46. The molecule has 0 aliphatic rings. The lowest BCUT2D eigenvalue weighted by Gasteiger charge is -2.09. The van der Waals surface area contributed by atoms with Crippen molar-refractivity contribution in [3.05, 3.63) is 75.3 Å². The molecule has 9 nitrogen and oxygen atoms in total. The lowest BCUT2D eigenvalue weighted by atomic mass is 10.2. The number of hydrogen-bond donors (Lipinski definition) is 1. The van der Waals surface area contributed by atoms with E-state index in [1.165, 1.54) is 18.5 Å². The van der Waals surface area contributed by atoms with E-state index in [4.69, 9.17) is 4.74 Å². The van der Waals surface area contributed by atoms with Gasteiger partial charge in [-0.15, -0.1) is 0 Å². The molecule has 2 aromatic carbocycles. The van der Waals surface area contributed by atoms with Gasteiger partial charge in [0, 0.05) is 12.1 Å². The van der Waals surface area contributed by atoms with Gasteiger partial charge in [0.1, 0.15) is 18.9 Å². The molecule has 138 valence electrons. The molecule has 0 atom stereocenters. The number of fused-ring (bicyclic) bond motifs is 1. The second-order valence-corrected chi connectivity index (χ2v) is 5.65. The topological polar surface area (TPSA) is 116 Å². The zero-order chi connectivity index (χ0) is 19.2. The van der Waals surface area contributed by atoms with E-state index in [1.54, 1.807) is 12.1 Å². The summed E-state index contributed by atoms with van der Waals surface area (Å²) in [5.41, 5.74) is -0.389. The van der Waals surface area contributed by atoms with E-state index in [0.29, 0.717) is 11.3 Å². The number of ether oxygens (including phenoxy) is 1. The zero-order valence-electron chi connectivity index (χ0n) is 14.2. The maximum Gasteiger partial charge on any atom is 0.270 e. The average molecular weight is 368 g/mol. The SMILES string of the molecule is O=C(Cn1cnc2ccc([N+](=O)[O-])cc2c1=O)NCCOc1ccccc1. The predicted molar refractivity (Wildman–Crippen MR) is 97.6 cm³/mol. The van der Waals surface area contributed by atoms with Crippen molar-refractivity contribution < 1.29 is 14.5 Å². The summed E-state index contributed by atoms with van der Waals surface area (Å²) < 4.78 is 6.57. The molecule has 3 aromatic rings. The Morgan fingerprint density at radius 2 is 2.00 bits per heavy atom. The smallest absolute Gasteiger partial charge is 0.270 e. The summed E-state index contributed by atoms with van der Waals surface area (Å²) in [5.74, 6) is 0.309. The van der Waals surface area contributed by atoms with Gasteiger partial charge in [-0.3, -0.25) is 24.3 Å². The van der Waals surface area contributed by atoms with Crippen LogP contribution >= 0.6 is 0 Å². The van der Waals surface area contributed by atoms with Crippen molar-refractivity contribution in [1.82, 2.24) is 14.9 Å². The van der Waals surface area contributed by atoms with Crippen LogP contribution in [0.25, 0.3) is 10.9 Å². The standard InChI is InChI=1S/C18H16N4O5/c23-17(19-8-9-27-14-4-2-1-3-5-14)11-21-12-20-16-7-6-13(22(25)26)10-15(16)18(21)24/h1-7,10,12H,8-9,11H2,(H,19,23). The Morgan fingerprint density at radius 3 is 2.74 bits per heavy atom. The molecule has 0 saturated carbocycles. The van der Waals surface area contributed by atoms with E-state index >= 15 is 0 Å². The molecule has 0 aliphatic carbocycles. The highest BCUT2D eigenvalue weighted by molar-refractivity contribution is 5.80. The van der Waals surface area contributed by atoms with Gasteiger partial charge >= 0.3 is 0 Å². The Labute approximate surface area is 153 Å². The second kappa shape index (κ2) is 8.09. The van der Waals surface area contributed by atoms with Crippen molar-refractivity contribution in [2.24, 2.45) is 0 Å². The molecule has 3 rings (SSSR count). The zero-order valence-corrected chi connectivity index (χ0v) is 14.2. The number of hydrogen-bond acceptors (Lipinski definition) is 6. The summed E-state index contributed by atoms with van der Waals surface area (Å²) in [7, 11) is 0. The Balaban J connectivity index is 1.61. The third-order valence-corrected chi connectivity index (χ3v) is 3.77. The van der Waals surface area contributed by atoms with Gasteiger partial charge in [0.05, 0.1) is 28.7 Å². The van der Waals surface area contributed by atoms with Gasteiger partial charge in [0.25, 0.3) is 11.2 Å². The average Bonchev–Trinajstić information content (AvgIpc) is 2.68. The molecule has 9 heteroatoms. The first-order valence-corrected chi connectivity index (χ1v) is 8.13. The van der Waals surface area contributed by atoms with Crippen molar-refractivity contribution in [2.45, 2.75) is 6.54 Å². The highest BCUT2D eigenvalue weighted by Crippen LogP contribution is 2.16. The molecular weight excluding hydrogens is 352 g/mol. The van der Waals surface area contributed by atoms with E-state index in [9.17, 15) is 19.7 Å². The highest BCUT2D eigenvalue weighted by Gasteiger charge is 2.12. The maximum absolute atomic E-state index is 12.4. The van der Waals surface area contributed by atoms with Gasteiger partial charge in [-0.2, -0.15) is 0 Å². The summed E-state index contributed by atoms with van der Waals surface area (Å²) in [5, 5.41) is 13.6. The normalized spacial score (nSPS) is 10.5. The summed E-state index contributed by atoms with van der Waals surface area (Å²) in [6, 6.07) is 13.0. The Morgan fingerprint density at radius 1 is 1.22 bits per heavy atom. The number of rotatable bonds is 7. The Bertz CT molecular complexity index is 1030. The number of benzene rings is 2. The molecule has 0 radical (unpaired) electrons. The molecule has 0 unspecified atom stereocenters. The monoisotopic (exact) mass is 368 g/mol. The molecule has 0 aliphatic heterocycles. The van der Waals surface area contributed by atoms with Crippen LogP contribution in [0.1, 0.15) is 0 Å². The van der Waals surface area contributed by atoms with Gasteiger partial charge in [-0.25, -0.2) is 4.98 Å². The summed E-state index contributed by atoms with van der Waals surface area (Å²) in [4.78, 5) is 38.8. The fraction of sp³-hybridized carbons (Fsp3) is 0.167. The van der Waals surface area contributed by atoms with Crippen LogP contribution in [0.5, 0.6) is 5.75 Å².